The predicted molar refractivity (Wildman–Crippen MR) is 94.6 cm³/mol. The number of morpholine rings is 1. The summed E-state index contributed by atoms with van der Waals surface area (Å²) < 4.78 is 5.43. The molecule has 4 rings (SSSR count). The lowest BCUT2D eigenvalue weighted by molar-refractivity contribution is -0.143. The zero-order valence-corrected chi connectivity index (χ0v) is 15.2. The Morgan fingerprint density at radius 1 is 1.15 bits per heavy atom. The highest BCUT2D eigenvalue weighted by atomic mass is 16.5. The van der Waals surface area contributed by atoms with Crippen molar-refractivity contribution >= 4 is 17.6 Å². The highest BCUT2D eigenvalue weighted by Gasteiger charge is 2.34. The Bertz CT molecular complexity index is 704. The molecular formula is C18H25N5O3. The van der Waals surface area contributed by atoms with E-state index in [0.29, 0.717) is 39.3 Å². The van der Waals surface area contributed by atoms with Crippen molar-refractivity contribution in [2.75, 3.05) is 44.3 Å². The highest BCUT2D eigenvalue weighted by molar-refractivity contribution is 5.88. The molecule has 0 unspecified atom stereocenters. The van der Waals surface area contributed by atoms with Gasteiger partial charge in [-0.15, -0.1) is 0 Å². The number of carbonyl (C=O) groups is 2. The minimum Gasteiger partial charge on any atom is -0.378 e. The molecule has 1 aromatic heterocycles. The van der Waals surface area contributed by atoms with Crippen LogP contribution in [0.25, 0.3) is 0 Å². The second-order valence-electron chi connectivity index (χ2n) is 7.10. The Hall–Kier alpha value is -2.22. The molecular weight excluding hydrogens is 334 g/mol. The number of nitrogens with zero attached hydrogens (tertiary/aromatic N) is 5. The van der Waals surface area contributed by atoms with Crippen molar-refractivity contribution in [3.63, 3.8) is 0 Å². The number of hydrogen-bond acceptors (Lipinski definition) is 6. The fourth-order valence-electron chi connectivity index (χ4n) is 4.05. The number of likely N-dealkylation sites (tertiary alicyclic amines) is 1. The van der Waals surface area contributed by atoms with Gasteiger partial charge in [0.05, 0.1) is 25.5 Å². The molecule has 1 aromatic rings. The number of ether oxygens (including phenoxy) is 1. The van der Waals surface area contributed by atoms with Gasteiger partial charge >= 0.3 is 0 Å². The zero-order chi connectivity index (χ0) is 18.1. The second kappa shape index (κ2) is 7.19. The van der Waals surface area contributed by atoms with Gasteiger partial charge in [0.25, 0.3) is 0 Å². The monoisotopic (exact) mass is 359 g/mol. The van der Waals surface area contributed by atoms with Gasteiger partial charge in [-0.3, -0.25) is 9.59 Å². The minimum absolute atomic E-state index is 0.0115. The van der Waals surface area contributed by atoms with Crippen LogP contribution in [0, 0.1) is 0 Å². The Morgan fingerprint density at radius 2 is 1.96 bits per heavy atom. The summed E-state index contributed by atoms with van der Waals surface area (Å²) in [6.07, 6.45) is 3.73. The number of carbonyl (C=O) groups excluding carboxylic acids is 2. The van der Waals surface area contributed by atoms with E-state index in [9.17, 15) is 9.59 Å². The number of rotatable bonds is 3. The number of anilines is 1. The Balaban J connectivity index is 1.49. The number of aromatic nitrogens is 2. The van der Waals surface area contributed by atoms with Crippen molar-refractivity contribution < 1.29 is 14.3 Å². The van der Waals surface area contributed by atoms with E-state index in [0.717, 1.165) is 43.0 Å². The minimum atomic E-state index is -0.396. The molecule has 3 aliphatic heterocycles. The summed E-state index contributed by atoms with van der Waals surface area (Å²) in [5.74, 6) is 1.07. The van der Waals surface area contributed by atoms with Crippen molar-refractivity contribution in [1.82, 2.24) is 19.8 Å². The molecule has 0 saturated carbocycles. The van der Waals surface area contributed by atoms with E-state index in [1.165, 1.54) is 0 Å². The normalized spacial score (nSPS) is 21.7. The second-order valence-corrected chi connectivity index (χ2v) is 7.10. The fourth-order valence-corrected chi connectivity index (χ4v) is 4.05. The average Bonchev–Trinajstić information content (AvgIpc) is 3.12. The van der Waals surface area contributed by atoms with Gasteiger partial charge in [0.2, 0.25) is 11.8 Å². The van der Waals surface area contributed by atoms with Crippen molar-refractivity contribution in [3.05, 3.63) is 17.6 Å². The molecule has 1 atom stereocenters. The number of hydrogen-bond donors (Lipinski definition) is 0. The van der Waals surface area contributed by atoms with E-state index in [-0.39, 0.29) is 11.8 Å². The van der Waals surface area contributed by atoms with E-state index in [4.69, 9.17) is 4.74 Å². The Kier molecular flexibility index (Phi) is 4.76. The van der Waals surface area contributed by atoms with Gasteiger partial charge in [0, 0.05) is 38.2 Å². The fraction of sp³-hybridized carbons (Fsp3) is 0.667. The Morgan fingerprint density at radius 3 is 2.69 bits per heavy atom. The van der Waals surface area contributed by atoms with Gasteiger partial charge in [-0.2, -0.15) is 0 Å². The lowest BCUT2D eigenvalue weighted by Crippen LogP contribution is -2.49. The molecule has 0 radical (unpaired) electrons. The summed E-state index contributed by atoms with van der Waals surface area (Å²) in [5, 5.41) is 0. The molecule has 8 nitrogen and oxygen atoms in total. The number of fused-ring (bicyclic) bond motifs is 1. The third-order valence-electron chi connectivity index (χ3n) is 5.54. The van der Waals surface area contributed by atoms with E-state index in [1.54, 1.807) is 11.2 Å². The SMILES string of the molecule is C[C@H](C(=O)N1CCc2c(ncnc2N2CCOCC2)C1)N1CCCC1=O. The quantitative estimate of drug-likeness (QED) is 0.768. The van der Waals surface area contributed by atoms with Gasteiger partial charge < -0.3 is 19.4 Å². The maximum atomic E-state index is 12.9. The Labute approximate surface area is 153 Å². The summed E-state index contributed by atoms with van der Waals surface area (Å²) in [7, 11) is 0. The van der Waals surface area contributed by atoms with Gasteiger partial charge in [-0.1, -0.05) is 0 Å². The first-order valence-corrected chi connectivity index (χ1v) is 9.39. The maximum absolute atomic E-state index is 12.9. The first-order chi connectivity index (χ1) is 12.6. The lowest BCUT2D eigenvalue weighted by Gasteiger charge is -2.35. The predicted octanol–water partition coefficient (Wildman–Crippen LogP) is 0.209. The van der Waals surface area contributed by atoms with Crippen LogP contribution in [0.15, 0.2) is 6.33 Å². The largest absolute Gasteiger partial charge is 0.378 e. The van der Waals surface area contributed by atoms with Crippen LogP contribution in [0.4, 0.5) is 5.82 Å². The first-order valence-electron chi connectivity index (χ1n) is 9.39. The summed E-state index contributed by atoms with van der Waals surface area (Å²) in [6.45, 7) is 6.74. The standard InChI is InChI=1S/C18H25N5O3/c1-13(23-5-2-3-16(23)24)18(25)22-6-4-14-15(11-22)19-12-20-17(14)21-7-9-26-10-8-21/h12-13H,2-11H2,1H3/t13-/m1/s1. The number of amides is 2. The smallest absolute Gasteiger partial charge is 0.245 e. The van der Waals surface area contributed by atoms with Gasteiger partial charge in [0.1, 0.15) is 18.2 Å². The molecule has 0 N–H and O–H groups in total. The molecule has 140 valence electrons. The van der Waals surface area contributed by atoms with E-state index >= 15 is 0 Å². The molecule has 26 heavy (non-hydrogen) atoms. The van der Waals surface area contributed by atoms with Crippen LogP contribution >= 0.6 is 0 Å². The molecule has 0 aromatic carbocycles. The van der Waals surface area contributed by atoms with Crippen LogP contribution in [0.2, 0.25) is 0 Å². The molecule has 0 spiro atoms. The lowest BCUT2D eigenvalue weighted by atomic mass is 10.0. The van der Waals surface area contributed by atoms with Crippen molar-refractivity contribution in [1.29, 1.82) is 0 Å². The molecule has 3 aliphatic rings. The molecule has 2 saturated heterocycles. The first kappa shape index (κ1) is 17.2. The van der Waals surface area contributed by atoms with Crippen LogP contribution in [0.1, 0.15) is 31.0 Å². The summed E-state index contributed by atoms with van der Waals surface area (Å²) in [5.41, 5.74) is 2.06. The third-order valence-corrected chi connectivity index (χ3v) is 5.54. The van der Waals surface area contributed by atoms with Crippen LogP contribution in [-0.4, -0.2) is 77.0 Å². The van der Waals surface area contributed by atoms with Crippen LogP contribution in [0.3, 0.4) is 0 Å². The maximum Gasteiger partial charge on any atom is 0.245 e. The molecule has 0 aliphatic carbocycles. The van der Waals surface area contributed by atoms with E-state index in [1.807, 2.05) is 11.8 Å². The van der Waals surface area contributed by atoms with Gasteiger partial charge in [-0.05, 0) is 19.8 Å². The summed E-state index contributed by atoms with van der Waals surface area (Å²) in [4.78, 5) is 39.5. The topological polar surface area (TPSA) is 78.9 Å². The van der Waals surface area contributed by atoms with E-state index in [2.05, 4.69) is 14.9 Å². The molecule has 2 amide bonds. The molecule has 4 heterocycles. The highest BCUT2D eigenvalue weighted by Crippen LogP contribution is 2.27. The molecule has 8 heteroatoms. The van der Waals surface area contributed by atoms with Crippen LogP contribution in [0.5, 0.6) is 0 Å². The average molecular weight is 359 g/mol. The summed E-state index contributed by atoms with van der Waals surface area (Å²) >= 11 is 0. The van der Waals surface area contributed by atoms with Crippen LogP contribution < -0.4 is 4.90 Å². The van der Waals surface area contributed by atoms with Crippen molar-refractivity contribution in [3.8, 4) is 0 Å². The van der Waals surface area contributed by atoms with E-state index < -0.39 is 6.04 Å². The summed E-state index contributed by atoms with van der Waals surface area (Å²) in [6, 6.07) is -0.396. The zero-order valence-electron chi connectivity index (χ0n) is 15.2. The molecule has 0 bridgehead atoms. The van der Waals surface area contributed by atoms with Gasteiger partial charge in [0.15, 0.2) is 0 Å². The van der Waals surface area contributed by atoms with Crippen molar-refractivity contribution in [2.45, 2.75) is 38.8 Å². The van der Waals surface area contributed by atoms with Gasteiger partial charge in [-0.25, -0.2) is 9.97 Å². The van der Waals surface area contributed by atoms with Crippen LogP contribution in [-0.2, 0) is 27.3 Å². The third kappa shape index (κ3) is 3.13. The van der Waals surface area contributed by atoms with Crippen molar-refractivity contribution in [2.24, 2.45) is 0 Å². The molecule has 2 fully saturated rings.